The molecule has 1 atom stereocenters. The van der Waals surface area contributed by atoms with Crippen LogP contribution in [0.3, 0.4) is 0 Å². The average molecular weight is 656 g/mol. The number of anilines is 1. The van der Waals surface area contributed by atoms with Gasteiger partial charge in [0.2, 0.25) is 0 Å². The van der Waals surface area contributed by atoms with E-state index in [9.17, 15) is 0 Å². The molecule has 4 aromatic rings. The Morgan fingerprint density at radius 2 is 1.98 bits per heavy atom. The second-order valence-electron chi connectivity index (χ2n) is 12.9. The van der Waals surface area contributed by atoms with Crippen molar-refractivity contribution in [1.82, 2.24) is 9.97 Å². The lowest BCUT2D eigenvalue weighted by molar-refractivity contribution is 0.129. The van der Waals surface area contributed by atoms with Crippen LogP contribution in [0.4, 0.5) is 10.2 Å². The van der Waals surface area contributed by atoms with E-state index in [1.807, 2.05) is 13.0 Å². The number of aryl methyl sites for hydroxylation is 1. The fourth-order valence-corrected chi connectivity index (χ4v) is 7.82. The molecule has 0 spiro atoms. The predicted octanol–water partition coefficient (Wildman–Crippen LogP) is 8.93. The van der Waals surface area contributed by atoms with Gasteiger partial charge in [0, 0.05) is 22.8 Å². The molecule has 2 aromatic carbocycles. The van der Waals surface area contributed by atoms with Gasteiger partial charge in [0.1, 0.15) is 16.5 Å². The van der Waals surface area contributed by atoms with E-state index >= 15 is 4.39 Å². The lowest BCUT2D eigenvalue weighted by Gasteiger charge is -2.24. The summed E-state index contributed by atoms with van der Waals surface area (Å²) in [5, 5.41) is 4.19. The molecule has 0 radical (unpaired) electrons. The number of thiophene rings is 1. The van der Waals surface area contributed by atoms with Crippen LogP contribution in [0, 0.1) is 11.7 Å². The second kappa shape index (κ2) is 15.6. The highest BCUT2D eigenvalue weighted by atomic mass is 32.1. The van der Waals surface area contributed by atoms with E-state index in [2.05, 4.69) is 82.9 Å². The molecule has 0 N–H and O–H groups in total. The lowest BCUT2D eigenvalue weighted by Crippen LogP contribution is -2.32. The van der Waals surface area contributed by atoms with Crippen molar-refractivity contribution in [1.29, 1.82) is 0 Å². The van der Waals surface area contributed by atoms with Crippen molar-refractivity contribution in [3.05, 3.63) is 74.2 Å². The third-order valence-corrected chi connectivity index (χ3v) is 10.2. The molecule has 250 valence electrons. The smallest absolute Gasteiger partial charge is 0.319 e. The van der Waals surface area contributed by atoms with Crippen LogP contribution >= 0.6 is 11.3 Å². The van der Waals surface area contributed by atoms with Crippen LogP contribution in [-0.2, 0) is 11.2 Å². The molecule has 0 bridgehead atoms. The first-order valence-electron chi connectivity index (χ1n) is 17.2. The Bertz CT molecular complexity index is 1920. The topological polar surface area (TPSA) is 47.5 Å². The Hall–Kier alpha value is -3.55. The summed E-state index contributed by atoms with van der Waals surface area (Å²) in [6.07, 6.45) is 14.7. The van der Waals surface area contributed by atoms with Crippen molar-refractivity contribution in [3.63, 3.8) is 0 Å². The summed E-state index contributed by atoms with van der Waals surface area (Å²) in [6, 6.07) is 6.21. The molecule has 2 aromatic heterocycles. The standard InChI is InChI=1S/C40H50FN3O2S/c1-9-12-14-15-17-31-36-38(44-20-21-46-24-26(6)23-44)42-40(45-8)43-39(36)47-37(31)27(7)34-30(16-13-10-2)32(25(4)5)22-28-18-19-33(41)29(11-3)35(28)34/h13-19,22,25-26H,9-12,20-21,23-24H2,1-8H3/b15-14-,16-13+,31-17-,37-27-. The first kappa shape index (κ1) is 34.8. The van der Waals surface area contributed by atoms with Crippen LogP contribution in [0.15, 0.2) is 36.4 Å². The third kappa shape index (κ3) is 7.17. The second-order valence-corrected chi connectivity index (χ2v) is 13.9. The number of halogens is 1. The highest BCUT2D eigenvalue weighted by Crippen LogP contribution is 2.38. The highest BCUT2D eigenvalue weighted by Gasteiger charge is 2.24. The molecule has 1 aliphatic heterocycles. The number of unbranched alkanes of at least 4 members (excludes halogenated alkanes) is 1. The summed E-state index contributed by atoms with van der Waals surface area (Å²) in [5.74, 6) is 1.37. The van der Waals surface area contributed by atoms with E-state index in [4.69, 9.17) is 19.4 Å². The van der Waals surface area contributed by atoms with E-state index < -0.39 is 0 Å². The van der Waals surface area contributed by atoms with Crippen molar-refractivity contribution in [2.75, 3.05) is 38.3 Å². The molecular formula is C40H50FN3O2S. The van der Waals surface area contributed by atoms with Gasteiger partial charge in [0.25, 0.3) is 0 Å². The van der Waals surface area contributed by atoms with Gasteiger partial charge in [-0.15, -0.1) is 11.3 Å². The van der Waals surface area contributed by atoms with Gasteiger partial charge < -0.3 is 14.4 Å². The van der Waals surface area contributed by atoms with Gasteiger partial charge in [-0.1, -0.05) is 90.5 Å². The number of methoxy groups -OCH3 is 1. The van der Waals surface area contributed by atoms with Gasteiger partial charge >= 0.3 is 6.01 Å². The fourth-order valence-electron chi connectivity index (χ4n) is 6.66. The fraction of sp³-hybridized carbons (Fsp3) is 0.450. The van der Waals surface area contributed by atoms with Crippen molar-refractivity contribution in [2.24, 2.45) is 5.92 Å². The summed E-state index contributed by atoms with van der Waals surface area (Å²) in [6.45, 7) is 18.2. The van der Waals surface area contributed by atoms with Crippen molar-refractivity contribution in [2.45, 2.75) is 80.1 Å². The zero-order chi connectivity index (χ0) is 33.7. The Morgan fingerprint density at radius 3 is 2.68 bits per heavy atom. The van der Waals surface area contributed by atoms with Crippen LogP contribution in [0.1, 0.15) is 95.9 Å². The maximum Gasteiger partial charge on any atom is 0.319 e. The Kier molecular flexibility index (Phi) is 11.5. The highest BCUT2D eigenvalue weighted by molar-refractivity contribution is 7.16. The number of allylic oxidation sites excluding steroid dienone is 3. The molecule has 1 aliphatic rings. The van der Waals surface area contributed by atoms with Crippen LogP contribution in [-0.4, -0.2) is 43.4 Å². The van der Waals surface area contributed by atoms with E-state index in [0.29, 0.717) is 25.0 Å². The number of nitrogens with zero attached hydrogens (tertiary/aromatic N) is 3. The summed E-state index contributed by atoms with van der Waals surface area (Å²) >= 11 is 1.67. The SMILES string of the molecule is CC/C=C/c1c(C(C)C)cc2ccc(F)c(CC)c2c1\C(C)=c1/sc2nc(OC)nc(N3CCOCC(C)C3)c2/c1=C/C=C\CCC. The minimum atomic E-state index is -0.155. The maximum atomic E-state index is 15.6. The van der Waals surface area contributed by atoms with Crippen LogP contribution in [0.5, 0.6) is 6.01 Å². The zero-order valence-electron chi connectivity index (χ0n) is 29.4. The summed E-state index contributed by atoms with van der Waals surface area (Å²) in [7, 11) is 1.63. The molecule has 1 unspecified atom stereocenters. The van der Waals surface area contributed by atoms with Crippen LogP contribution in [0.2, 0.25) is 0 Å². The predicted molar refractivity (Wildman–Crippen MR) is 199 cm³/mol. The number of hydrogen-bond acceptors (Lipinski definition) is 6. The number of aromatic nitrogens is 2. The molecule has 5 rings (SSSR count). The van der Waals surface area contributed by atoms with Gasteiger partial charge in [0.05, 0.1) is 25.7 Å². The summed E-state index contributed by atoms with van der Waals surface area (Å²) < 4.78 is 28.3. The molecule has 0 saturated carbocycles. The molecular weight excluding hydrogens is 606 g/mol. The van der Waals surface area contributed by atoms with Crippen molar-refractivity contribution in [3.8, 4) is 6.01 Å². The molecule has 1 fully saturated rings. The van der Waals surface area contributed by atoms with Crippen LogP contribution < -0.4 is 19.4 Å². The number of hydrogen-bond donors (Lipinski definition) is 0. The molecule has 5 nitrogen and oxygen atoms in total. The number of fused-ring (bicyclic) bond motifs is 2. The Balaban J connectivity index is 2.01. The third-order valence-electron chi connectivity index (χ3n) is 8.97. The molecule has 0 aliphatic carbocycles. The first-order valence-corrected chi connectivity index (χ1v) is 18.0. The minimum absolute atomic E-state index is 0.155. The molecule has 3 heterocycles. The van der Waals surface area contributed by atoms with Crippen LogP contribution in [0.25, 0.3) is 38.7 Å². The quantitative estimate of drug-likeness (QED) is 0.171. The molecule has 47 heavy (non-hydrogen) atoms. The van der Waals surface area contributed by atoms with Gasteiger partial charge in [0.15, 0.2) is 0 Å². The normalized spacial score (nSPS) is 17.2. The van der Waals surface area contributed by atoms with Gasteiger partial charge in [-0.3, -0.25) is 0 Å². The number of ether oxygens (including phenoxy) is 2. The molecule has 1 saturated heterocycles. The minimum Gasteiger partial charge on any atom is -0.467 e. The maximum absolute atomic E-state index is 15.6. The zero-order valence-corrected chi connectivity index (χ0v) is 30.2. The van der Waals surface area contributed by atoms with Gasteiger partial charge in [-0.2, -0.15) is 9.97 Å². The van der Waals surface area contributed by atoms with E-state index in [-0.39, 0.29) is 11.7 Å². The molecule has 7 heteroatoms. The van der Waals surface area contributed by atoms with Gasteiger partial charge in [-0.25, -0.2) is 4.39 Å². The Morgan fingerprint density at radius 1 is 1.17 bits per heavy atom. The number of benzene rings is 2. The average Bonchev–Trinajstić information content (AvgIpc) is 3.29. The summed E-state index contributed by atoms with van der Waals surface area (Å²) in [5.41, 5.74) is 5.40. The first-order chi connectivity index (χ1) is 22.7. The summed E-state index contributed by atoms with van der Waals surface area (Å²) in [4.78, 5) is 13.1. The van der Waals surface area contributed by atoms with Gasteiger partial charge in [-0.05, 0) is 82.7 Å². The van der Waals surface area contributed by atoms with E-state index in [0.717, 1.165) is 92.2 Å². The van der Waals surface area contributed by atoms with Crippen molar-refractivity contribution >= 4 is 55.9 Å². The largest absolute Gasteiger partial charge is 0.467 e. The molecule has 0 amide bonds. The van der Waals surface area contributed by atoms with Crippen molar-refractivity contribution < 1.29 is 13.9 Å². The van der Waals surface area contributed by atoms with E-state index in [1.54, 1.807) is 24.5 Å². The monoisotopic (exact) mass is 655 g/mol. The lowest BCUT2D eigenvalue weighted by atomic mass is 9.83. The van der Waals surface area contributed by atoms with E-state index in [1.165, 1.54) is 11.1 Å². The Labute approximate surface area is 283 Å². The number of rotatable bonds is 10.